The van der Waals surface area contributed by atoms with Crippen LogP contribution < -0.4 is 11.1 Å². The molecule has 1 saturated heterocycles. The highest BCUT2D eigenvalue weighted by Gasteiger charge is 2.49. The van der Waals surface area contributed by atoms with E-state index in [9.17, 15) is 4.79 Å². The molecule has 1 heterocycles. The second-order valence-corrected chi connectivity index (χ2v) is 7.62. The van der Waals surface area contributed by atoms with Gasteiger partial charge in [-0.25, -0.2) is 0 Å². The smallest absolute Gasteiger partial charge is 0.239 e. The summed E-state index contributed by atoms with van der Waals surface area (Å²) in [5.74, 6) is -0.209. The highest BCUT2D eigenvalue weighted by Crippen LogP contribution is 2.38. The Kier molecular flexibility index (Phi) is 7.07. The van der Waals surface area contributed by atoms with Crippen molar-refractivity contribution < 1.29 is 4.79 Å². The number of likely N-dealkylation sites (N-methyl/N-ethyl adjacent to an activating group) is 1. The standard InChI is InChI=1S/C20H25Cl2N3O/c1-4-7-15(21)10-6-11-20(23)13-24-18(19(26)25(2)3)17(20)14-8-5-9-16(22)12-14/h4-10,12,17-18,24H,1,11,13,23H2,2-3H3/b10-6-,15-7+/t17-,18+,20+/m0/s1. The minimum Gasteiger partial charge on any atom is -0.347 e. The maximum absolute atomic E-state index is 12.7. The zero-order chi connectivity index (χ0) is 19.3. The number of halogens is 2. The monoisotopic (exact) mass is 393 g/mol. The minimum atomic E-state index is -0.636. The zero-order valence-corrected chi connectivity index (χ0v) is 16.6. The van der Waals surface area contributed by atoms with E-state index in [0.29, 0.717) is 23.0 Å². The largest absolute Gasteiger partial charge is 0.347 e. The van der Waals surface area contributed by atoms with Gasteiger partial charge in [0.2, 0.25) is 5.91 Å². The van der Waals surface area contributed by atoms with Crippen LogP contribution in [0.5, 0.6) is 0 Å². The van der Waals surface area contributed by atoms with E-state index in [1.807, 2.05) is 30.3 Å². The molecule has 3 N–H and O–H groups in total. The van der Waals surface area contributed by atoms with E-state index in [4.69, 9.17) is 28.9 Å². The number of carbonyl (C=O) groups is 1. The van der Waals surface area contributed by atoms with Crippen molar-refractivity contribution >= 4 is 29.1 Å². The van der Waals surface area contributed by atoms with Crippen molar-refractivity contribution in [2.75, 3.05) is 20.6 Å². The Morgan fingerprint density at radius 3 is 2.85 bits per heavy atom. The molecule has 0 spiro atoms. The Hall–Kier alpha value is -1.59. The van der Waals surface area contributed by atoms with Crippen LogP contribution in [-0.4, -0.2) is 43.0 Å². The van der Waals surface area contributed by atoms with E-state index < -0.39 is 11.6 Å². The molecular formula is C20H25Cl2N3O. The molecular weight excluding hydrogens is 369 g/mol. The van der Waals surface area contributed by atoms with Gasteiger partial charge in [0, 0.05) is 42.2 Å². The molecule has 1 aromatic carbocycles. The van der Waals surface area contributed by atoms with Gasteiger partial charge in [-0.2, -0.15) is 0 Å². The highest BCUT2D eigenvalue weighted by molar-refractivity contribution is 6.31. The first-order chi connectivity index (χ1) is 12.3. The zero-order valence-electron chi connectivity index (χ0n) is 15.1. The van der Waals surface area contributed by atoms with E-state index in [1.54, 1.807) is 37.2 Å². The lowest BCUT2D eigenvalue weighted by molar-refractivity contribution is -0.131. The van der Waals surface area contributed by atoms with Crippen molar-refractivity contribution in [3.05, 3.63) is 70.8 Å². The normalized spacial score (nSPS) is 26.3. The van der Waals surface area contributed by atoms with Gasteiger partial charge in [0.05, 0.1) is 6.04 Å². The quantitative estimate of drug-likeness (QED) is 0.727. The van der Waals surface area contributed by atoms with Crippen molar-refractivity contribution in [1.82, 2.24) is 10.2 Å². The van der Waals surface area contributed by atoms with Crippen LogP contribution in [0.1, 0.15) is 17.9 Å². The van der Waals surface area contributed by atoms with Gasteiger partial charge in [0.1, 0.15) is 0 Å². The molecule has 3 atom stereocenters. The Morgan fingerprint density at radius 1 is 1.50 bits per heavy atom. The highest BCUT2D eigenvalue weighted by atomic mass is 35.5. The minimum absolute atomic E-state index is 0.00383. The number of benzene rings is 1. The SMILES string of the molecule is C=C/C=C(Cl)\C=C/C[C@@]1(N)CN[C@@H](C(=O)N(C)C)[C@@H]1c1cccc(Cl)c1. The summed E-state index contributed by atoms with van der Waals surface area (Å²) in [6.45, 7) is 4.14. The average Bonchev–Trinajstić information content (AvgIpc) is 2.91. The van der Waals surface area contributed by atoms with Crippen LogP contribution in [0.25, 0.3) is 0 Å². The molecule has 0 aliphatic carbocycles. The van der Waals surface area contributed by atoms with Crippen LogP contribution in [-0.2, 0) is 4.79 Å². The Balaban J connectivity index is 2.35. The van der Waals surface area contributed by atoms with Gasteiger partial charge in [0.15, 0.2) is 0 Å². The number of carbonyl (C=O) groups excluding carboxylic acids is 1. The number of hydrogen-bond acceptors (Lipinski definition) is 3. The fraction of sp³-hybridized carbons (Fsp3) is 0.350. The third-order valence-corrected chi connectivity index (χ3v) is 5.06. The van der Waals surface area contributed by atoms with Crippen LogP contribution in [0.15, 0.2) is 60.2 Å². The molecule has 1 amide bonds. The maximum Gasteiger partial charge on any atom is 0.239 e. The number of rotatable bonds is 6. The lowest BCUT2D eigenvalue weighted by Crippen LogP contribution is -2.48. The van der Waals surface area contributed by atoms with Crippen molar-refractivity contribution in [2.45, 2.75) is 23.9 Å². The van der Waals surface area contributed by atoms with Crippen LogP contribution in [0.3, 0.4) is 0 Å². The van der Waals surface area contributed by atoms with Crippen molar-refractivity contribution in [3.8, 4) is 0 Å². The average molecular weight is 394 g/mol. The third kappa shape index (κ3) is 4.77. The molecule has 1 aliphatic rings. The third-order valence-electron chi connectivity index (χ3n) is 4.57. The summed E-state index contributed by atoms with van der Waals surface area (Å²) >= 11 is 12.3. The number of amides is 1. The predicted molar refractivity (Wildman–Crippen MR) is 109 cm³/mol. The van der Waals surface area contributed by atoms with Crippen LogP contribution in [0.2, 0.25) is 5.02 Å². The predicted octanol–water partition coefficient (Wildman–Crippen LogP) is 3.44. The topological polar surface area (TPSA) is 58.4 Å². The summed E-state index contributed by atoms with van der Waals surface area (Å²) in [5.41, 5.74) is 7.08. The summed E-state index contributed by atoms with van der Waals surface area (Å²) in [6, 6.07) is 7.14. The molecule has 0 radical (unpaired) electrons. The van der Waals surface area contributed by atoms with Gasteiger partial charge < -0.3 is 16.0 Å². The molecule has 0 saturated carbocycles. The summed E-state index contributed by atoms with van der Waals surface area (Å²) in [5, 5.41) is 4.51. The van der Waals surface area contributed by atoms with Gasteiger partial charge in [-0.3, -0.25) is 4.79 Å². The van der Waals surface area contributed by atoms with Crippen LogP contribution >= 0.6 is 23.2 Å². The molecule has 1 fully saturated rings. The molecule has 140 valence electrons. The summed E-state index contributed by atoms with van der Waals surface area (Å²) in [4.78, 5) is 14.3. The molecule has 0 bridgehead atoms. The molecule has 6 heteroatoms. The fourth-order valence-electron chi connectivity index (χ4n) is 3.35. The van der Waals surface area contributed by atoms with E-state index in [2.05, 4.69) is 11.9 Å². The van der Waals surface area contributed by atoms with Gasteiger partial charge >= 0.3 is 0 Å². The molecule has 0 aromatic heterocycles. The van der Waals surface area contributed by atoms with Gasteiger partial charge in [-0.15, -0.1) is 0 Å². The first kappa shape index (κ1) is 20.7. The van der Waals surface area contributed by atoms with Crippen molar-refractivity contribution in [1.29, 1.82) is 0 Å². The van der Waals surface area contributed by atoms with Crippen molar-refractivity contribution in [2.24, 2.45) is 5.73 Å². The molecule has 2 rings (SSSR count). The molecule has 1 aliphatic heterocycles. The van der Waals surface area contributed by atoms with Crippen molar-refractivity contribution in [3.63, 3.8) is 0 Å². The summed E-state index contributed by atoms with van der Waals surface area (Å²) in [6.07, 6.45) is 7.64. The van der Waals surface area contributed by atoms with E-state index in [-0.39, 0.29) is 11.8 Å². The molecule has 1 aromatic rings. The number of hydrogen-bond donors (Lipinski definition) is 2. The van der Waals surface area contributed by atoms with E-state index >= 15 is 0 Å². The van der Waals surface area contributed by atoms with Crippen LogP contribution in [0, 0.1) is 0 Å². The van der Waals surface area contributed by atoms with Crippen LogP contribution in [0.4, 0.5) is 0 Å². The first-order valence-electron chi connectivity index (χ1n) is 8.42. The second-order valence-electron chi connectivity index (χ2n) is 6.75. The molecule has 26 heavy (non-hydrogen) atoms. The first-order valence-corrected chi connectivity index (χ1v) is 9.18. The van der Waals surface area contributed by atoms with E-state index in [1.165, 1.54) is 0 Å². The second kappa shape index (κ2) is 8.87. The number of nitrogens with zero attached hydrogens (tertiary/aromatic N) is 1. The number of nitrogens with one attached hydrogen (secondary N) is 1. The Bertz CT molecular complexity index is 730. The fourth-order valence-corrected chi connectivity index (χ4v) is 3.73. The lowest BCUT2D eigenvalue weighted by Gasteiger charge is -2.33. The molecule has 4 nitrogen and oxygen atoms in total. The number of allylic oxidation sites excluding steroid dienone is 4. The Morgan fingerprint density at radius 2 is 2.23 bits per heavy atom. The Labute approximate surface area is 165 Å². The molecule has 0 unspecified atom stereocenters. The lowest BCUT2D eigenvalue weighted by atomic mass is 9.76. The maximum atomic E-state index is 12.7. The van der Waals surface area contributed by atoms with Gasteiger partial charge in [-0.05, 0) is 36.3 Å². The summed E-state index contributed by atoms with van der Waals surface area (Å²) < 4.78 is 0. The summed E-state index contributed by atoms with van der Waals surface area (Å²) in [7, 11) is 3.49. The van der Waals surface area contributed by atoms with Gasteiger partial charge in [0.25, 0.3) is 0 Å². The van der Waals surface area contributed by atoms with Gasteiger partial charge in [-0.1, -0.05) is 54.1 Å². The van der Waals surface area contributed by atoms with E-state index in [0.717, 1.165) is 5.56 Å². The number of nitrogens with two attached hydrogens (primary N) is 1.